The Morgan fingerprint density at radius 1 is 1.18 bits per heavy atom. The van der Waals surface area contributed by atoms with Crippen molar-refractivity contribution in [2.24, 2.45) is 0 Å². The molecular weight excluding hydrogens is 382 g/mol. The number of likely N-dealkylation sites (N-methyl/N-ethyl adjacent to an activating group) is 1. The maximum atomic E-state index is 13.1. The number of nitrogens with zero attached hydrogens (tertiary/aromatic N) is 2. The Kier molecular flexibility index (Phi) is 5.23. The van der Waals surface area contributed by atoms with Gasteiger partial charge in [-0.1, -0.05) is 0 Å². The van der Waals surface area contributed by atoms with Crippen LogP contribution in [0.4, 0.5) is 0 Å². The van der Waals surface area contributed by atoms with Gasteiger partial charge in [-0.2, -0.15) is 0 Å². The largest absolute Gasteiger partial charge is 0.508 e. The molecule has 0 saturated heterocycles. The summed E-state index contributed by atoms with van der Waals surface area (Å²) in [7, 11) is 3.79. The van der Waals surface area contributed by atoms with E-state index >= 15 is 0 Å². The van der Waals surface area contributed by atoms with Crippen molar-refractivity contribution in [1.29, 1.82) is 0 Å². The number of amides is 2. The molecule has 0 bridgehead atoms. The Morgan fingerprint density at radius 3 is 2.61 bits per heavy atom. The maximum absolute atomic E-state index is 13.1. The van der Waals surface area contributed by atoms with E-state index in [-0.39, 0.29) is 30.0 Å². The zero-order chi connectivity index (χ0) is 19.3. The zero-order valence-corrected chi connectivity index (χ0v) is 16.7. The monoisotopic (exact) mass is 403 g/mol. The molecule has 0 unspecified atom stereocenters. The van der Waals surface area contributed by atoms with Gasteiger partial charge in [0, 0.05) is 29.4 Å². The molecular formula is C20H22ClN3O4. The fourth-order valence-electron chi connectivity index (χ4n) is 3.57. The lowest BCUT2D eigenvalue weighted by Crippen LogP contribution is -2.35. The summed E-state index contributed by atoms with van der Waals surface area (Å²) in [6.07, 6.45) is 0. The Labute approximate surface area is 168 Å². The van der Waals surface area contributed by atoms with Crippen LogP contribution >= 0.6 is 12.4 Å². The predicted molar refractivity (Wildman–Crippen MR) is 110 cm³/mol. The lowest BCUT2D eigenvalue weighted by Gasteiger charge is -2.16. The summed E-state index contributed by atoms with van der Waals surface area (Å²) >= 11 is 0. The van der Waals surface area contributed by atoms with Gasteiger partial charge in [0.25, 0.3) is 11.8 Å². The summed E-state index contributed by atoms with van der Waals surface area (Å²) in [6.45, 7) is 3.20. The SMILES string of the molecule is CCOc1cc2c(c3c1[nH]c1ccc(O)cc13)C(=O)N(CCN(C)C)C2=O.Cl. The van der Waals surface area contributed by atoms with Gasteiger partial charge in [-0.3, -0.25) is 14.5 Å². The van der Waals surface area contributed by atoms with Gasteiger partial charge in [0.1, 0.15) is 11.5 Å². The lowest BCUT2D eigenvalue weighted by molar-refractivity contribution is 0.0645. The fraction of sp³-hybridized carbons (Fsp3) is 0.300. The molecule has 8 heteroatoms. The van der Waals surface area contributed by atoms with Crippen molar-refractivity contribution in [3.8, 4) is 11.5 Å². The minimum Gasteiger partial charge on any atom is -0.508 e. The van der Waals surface area contributed by atoms with E-state index in [0.29, 0.717) is 52.9 Å². The van der Waals surface area contributed by atoms with Gasteiger partial charge in [-0.15, -0.1) is 12.4 Å². The molecule has 2 N–H and O–H groups in total. The van der Waals surface area contributed by atoms with E-state index in [1.165, 1.54) is 4.90 Å². The predicted octanol–water partition coefficient (Wildman–Crippen LogP) is 3.00. The molecule has 1 aliphatic heterocycles. The summed E-state index contributed by atoms with van der Waals surface area (Å²) in [6, 6.07) is 6.57. The number of aromatic nitrogens is 1. The van der Waals surface area contributed by atoms with Gasteiger partial charge in [0.15, 0.2) is 0 Å². The Bertz CT molecular complexity index is 1090. The number of phenolic OH excluding ortho intramolecular Hbond substituents is 1. The van der Waals surface area contributed by atoms with Crippen molar-refractivity contribution in [1.82, 2.24) is 14.8 Å². The summed E-state index contributed by atoms with van der Waals surface area (Å²) < 4.78 is 5.74. The van der Waals surface area contributed by atoms with Gasteiger partial charge >= 0.3 is 0 Å². The quantitative estimate of drug-likeness (QED) is 0.639. The number of fused-ring (bicyclic) bond motifs is 5. The van der Waals surface area contributed by atoms with Crippen LogP contribution in [-0.4, -0.2) is 65.5 Å². The minimum absolute atomic E-state index is 0. The number of nitrogens with one attached hydrogen (secondary N) is 1. The third kappa shape index (κ3) is 2.96. The lowest BCUT2D eigenvalue weighted by atomic mass is 10.0. The molecule has 0 saturated carbocycles. The molecule has 0 spiro atoms. The molecule has 7 nitrogen and oxygen atoms in total. The number of H-pyrrole nitrogens is 1. The summed E-state index contributed by atoms with van der Waals surface area (Å²) in [4.78, 5) is 32.5. The average Bonchev–Trinajstić information content (AvgIpc) is 3.10. The van der Waals surface area contributed by atoms with Gasteiger partial charge < -0.3 is 19.7 Å². The molecule has 1 aromatic heterocycles. The van der Waals surface area contributed by atoms with Crippen molar-refractivity contribution in [2.75, 3.05) is 33.8 Å². The number of carbonyl (C=O) groups is 2. The first kappa shape index (κ1) is 20.0. The van der Waals surface area contributed by atoms with E-state index in [2.05, 4.69) is 4.98 Å². The number of hydrogen-bond donors (Lipinski definition) is 2. The number of halogens is 1. The van der Waals surface area contributed by atoms with E-state index in [0.717, 1.165) is 5.52 Å². The van der Waals surface area contributed by atoms with Crippen LogP contribution in [0.3, 0.4) is 0 Å². The van der Waals surface area contributed by atoms with E-state index in [1.807, 2.05) is 25.9 Å². The number of imide groups is 1. The van der Waals surface area contributed by atoms with Crippen LogP contribution in [0.5, 0.6) is 11.5 Å². The third-order valence-electron chi connectivity index (χ3n) is 4.83. The fourth-order valence-corrected chi connectivity index (χ4v) is 3.57. The number of ether oxygens (including phenoxy) is 1. The topological polar surface area (TPSA) is 85.9 Å². The summed E-state index contributed by atoms with van der Waals surface area (Å²) in [5, 5.41) is 11.2. The van der Waals surface area contributed by atoms with Crippen LogP contribution in [0.15, 0.2) is 24.3 Å². The first-order valence-electron chi connectivity index (χ1n) is 8.87. The Balaban J connectivity index is 0.00000225. The highest BCUT2D eigenvalue weighted by atomic mass is 35.5. The van der Waals surface area contributed by atoms with Crippen LogP contribution in [0.25, 0.3) is 21.8 Å². The molecule has 28 heavy (non-hydrogen) atoms. The van der Waals surface area contributed by atoms with E-state index < -0.39 is 0 Å². The van der Waals surface area contributed by atoms with Crippen LogP contribution in [0.2, 0.25) is 0 Å². The third-order valence-corrected chi connectivity index (χ3v) is 4.83. The van der Waals surface area contributed by atoms with Crippen molar-refractivity contribution >= 4 is 46.0 Å². The molecule has 4 rings (SSSR count). The van der Waals surface area contributed by atoms with Crippen LogP contribution in [0.1, 0.15) is 27.6 Å². The second-order valence-electron chi connectivity index (χ2n) is 6.90. The highest BCUT2D eigenvalue weighted by Crippen LogP contribution is 2.41. The molecule has 0 atom stereocenters. The molecule has 0 aliphatic carbocycles. The van der Waals surface area contributed by atoms with Crippen LogP contribution in [0, 0.1) is 0 Å². The highest BCUT2D eigenvalue weighted by molar-refractivity contribution is 6.30. The highest BCUT2D eigenvalue weighted by Gasteiger charge is 2.38. The number of phenols is 1. The second-order valence-corrected chi connectivity index (χ2v) is 6.90. The summed E-state index contributed by atoms with van der Waals surface area (Å²) in [5.41, 5.74) is 2.14. The summed E-state index contributed by atoms with van der Waals surface area (Å²) in [5.74, 6) is 0.00101. The number of hydrogen-bond acceptors (Lipinski definition) is 5. The molecule has 2 amide bonds. The average molecular weight is 404 g/mol. The van der Waals surface area contributed by atoms with Gasteiger partial charge in [-0.05, 0) is 45.3 Å². The number of benzene rings is 2. The molecule has 3 aromatic rings. The molecule has 0 fully saturated rings. The molecule has 1 aliphatic rings. The van der Waals surface area contributed by atoms with Gasteiger partial charge in [-0.25, -0.2) is 0 Å². The van der Waals surface area contributed by atoms with Gasteiger partial charge in [0.05, 0.1) is 23.3 Å². The van der Waals surface area contributed by atoms with E-state index in [4.69, 9.17) is 4.74 Å². The Hall–Kier alpha value is -2.77. The van der Waals surface area contributed by atoms with E-state index in [9.17, 15) is 14.7 Å². The minimum atomic E-state index is -0.311. The maximum Gasteiger partial charge on any atom is 0.262 e. The van der Waals surface area contributed by atoms with Crippen LogP contribution < -0.4 is 4.74 Å². The number of rotatable bonds is 5. The second kappa shape index (κ2) is 7.33. The molecule has 2 aromatic carbocycles. The van der Waals surface area contributed by atoms with Crippen molar-refractivity contribution < 1.29 is 19.4 Å². The molecule has 148 valence electrons. The smallest absolute Gasteiger partial charge is 0.262 e. The van der Waals surface area contributed by atoms with Crippen molar-refractivity contribution in [3.05, 3.63) is 35.4 Å². The number of aromatic amines is 1. The molecule has 0 radical (unpaired) electrons. The first-order chi connectivity index (χ1) is 12.9. The normalized spacial score (nSPS) is 13.5. The number of aromatic hydroxyl groups is 1. The first-order valence-corrected chi connectivity index (χ1v) is 8.87. The van der Waals surface area contributed by atoms with Crippen molar-refractivity contribution in [2.45, 2.75) is 6.92 Å². The van der Waals surface area contributed by atoms with Gasteiger partial charge in [0.2, 0.25) is 0 Å². The molecule has 2 heterocycles. The number of carbonyl (C=O) groups excluding carboxylic acids is 2. The van der Waals surface area contributed by atoms with Crippen molar-refractivity contribution in [3.63, 3.8) is 0 Å². The standard InChI is InChI=1S/C20H21N3O4.ClH/c1-4-27-15-10-13-17(20(26)23(19(13)25)8-7-22(2)3)16-12-9-11(24)5-6-14(12)21-18(15)16;/h5-6,9-10,21,24H,4,7-8H2,1-3H3;1H. The Morgan fingerprint density at radius 2 is 1.93 bits per heavy atom. The van der Waals surface area contributed by atoms with Crippen LogP contribution in [-0.2, 0) is 0 Å². The zero-order valence-electron chi connectivity index (χ0n) is 15.9. The van der Waals surface area contributed by atoms with E-state index in [1.54, 1.807) is 24.3 Å².